The Balaban J connectivity index is 1.55. The Bertz CT molecular complexity index is 628. The van der Waals surface area contributed by atoms with Crippen LogP contribution in [0.3, 0.4) is 0 Å². The third kappa shape index (κ3) is 4.42. The van der Waals surface area contributed by atoms with Crippen molar-refractivity contribution in [3.05, 3.63) is 29.8 Å². The fourth-order valence-electron chi connectivity index (χ4n) is 4.62. The van der Waals surface area contributed by atoms with Gasteiger partial charge in [-0.05, 0) is 62.0 Å². The highest BCUT2D eigenvalue weighted by atomic mass is 16.2. The first kappa shape index (κ1) is 18.0. The molecule has 0 radical (unpaired) electrons. The molecule has 1 aromatic rings. The van der Waals surface area contributed by atoms with E-state index in [1.54, 1.807) is 4.90 Å². The van der Waals surface area contributed by atoms with Gasteiger partial charge in [0.05, 0.1) is 6.54 Å². The quantitative estimate of drug-likeness (QED) is 0.814. The molecular formula is C21H30N2O2. The van der Waals surface area contributed by atoms with E-state index < -0.39 is 0 Å². The van der Waals surface area contributed by atoms with E-state index in [0.717, 1.165) is 29.5 Å². The van der Waals surface area contributed by atoms with Crippen LogP contribution in [-0.4, -0.2) is 29.8 Å². The van der Waals surface area contributed by atoms with E-state index in [2.05, 4.69) is 12.2 Å². The van der Waals surface area contributed by atoms with Crippen molar-refractivity contribution in [2.45, 2.75) is 52.4 Å². The van der Waals surface area contributed by atoms with Crippen molar-refractivity contribution in [1.82, 2.24) is 4.90 Å². The summed E-state index contributed by atoms with van der Waals surface area (Å²) >= 11 is 0. The predicted molar refractivity (Wildman–Crippen MR) is 100 cm³/mol. The van der Waals surface area contributed by atoms with Crippen molar-refractivity contribution in [1.29, 1.82) is 0 Å². The number of carbonyl (C=O) groups is 2. The van der Waals surface area contributed by atoms with Crippen molar-refractivity contribution in [3.8, 4) is 0 Å². The van der Waals surface area contributed by atoms with Crippen molar-refractivity contribution in [2.75, 3.05) is 18.4 Å². The van der Waals surface area contributed by atoms with E-state index >= 15 is 0 Å². The first-order valence-corrected chi connectivity index (χ1v) is 9.70. The fourth-order valence-corrected chi connectivity index (χ4v) is 4.62. The molecule has 3 atom stereocenters. The van der Waals surface area contributed by atoms with Gasteiger partial charge in [-0.2, -0.15) is 0 Å². The minimum absolute atomic E-state index is 0.107. The molecule has 0 heterocycles. The van der Waals surface area contributed by atoms with Crippen LogP contribution in [0.25, 0.3) is 0 Å². The molecule has 136 valence electrons. The number of para-hydroxylation sites is 1. The van der Waals surface area contributed by atoms with Crippen molar-refractivity contribution in [2.24, 2.45) is 17.8 Å². The number of hydrogen-bond donors (Lipinski definition) is 1. The third-order valence-corrected chi connectivity index (χ3v) is 5.92. The van der Waals surface area contributed by atoms with Crippen LogP contribution in [0, 0.1) is 24.7 Å². The van der Waals surface area contributed by atoms with Crippen LogP contribution in [-0.2, 0) is 9.59 Å². The summed E-state index contributed by atoms with van der Waals surface area (Å²) in [7, 11) is 0. The fraction of sp³-hybridized carbons (Fsp3) is 0.619. The van der Waals surface area contributed by atoms with Crippen LogP contribution in [0.1, 0.15) is 51.0 Å². The molecule has 0 aliphatic heterocycles. The number of rotatable bonds is 7. The lowest BCUT2D eigenvalue weighted by Crippen LogP contribution is -2.39. The Labute approximate surface area is 151 Å². The van der Waals surface area contributed by atoms with Gasteiger partial charge in [0, 0.05) is 18.7 Å². The van der Waals surface area contributed by atoms with Gasteiger partial charge in [0.1, 0.15) is 0 Å². The Morgan fingerprint density at radius 3 is 2.64 bits per heavy atom. The van der Waals surface area contributed by atoms with Crippen molar-refractivity contribution in [3.63, 3.8) is 0 Å². The molecule has 2 saturated carbocycles. The molecule has 25 heavy (non-hydrogen) atoms. The first-order chi connectivity index (χ1) is 12.1. The normalized spacial score (nSPS) is 24.3. The minimum Gasteiger partial charge on any atom is -0.333 e. The lowest BCUT2D eigenvalue weighted by molar-refractivity contribution is -0.135. The predicted octanol–water partition coefficient (Wildman–Crippen LogP) is 4.00. The summed E-state index contributed by atoms with van der Waals surface area (Å²) in [6.45, 7) is 4.83. The van der Waals surface area contributed by atoms with Gasteiger partial charge >= 0.3 is 0 Å². The van der Waals surface area contributed by atoms with Gasteiger partial charge in [-0.1, -0.05) is 31.5 Å². The molecule has 0 spiro atoms. The molecule has 1 N–H and O–H groups in total. The Morgan fingerprint density at radius 2 is 2.00 bits per heavy atom. The topological polar surface area (TPSA) is 49.4 Å². The largest absolute Gasteiger partial charge is 0.333 e. The molecule has 0 saturated heterocycles. The van der Waals surface area contributed by atoms with E-state index in [9.17, 15) is 9.59 Å². The molecule has 2 amide bonds. The molecule has 4 nitrogen and oxygen atoms in total. The zero-order valence-electron chi connectivity index (χ0n) is 15.5. The number of amides is 2. The average Bonchev–Trinajstić information content (AvgIpc) is 3.19. The molecule has 3 unspecified atom stereocenters. The third-order valence-electron chi connectivity index (χ3n) is 5.92. The van der Waals surface area contributed by atoms with Crippen LogP contribution in [0.4, 0.5) is 5.69 Å². The maximum absolute atomic E-state index is 12.8. The minimum atomic E-state index is -0.107. The summed E-state index contributed by atoms with van der Waals surface area (Å²) in [6.07, 6.45) is 6.68. The van der Waals surface area contributed by atoms with Gasteiger partial charge in [-0.25, -0.2) is 0 Å². The Kier molecular flexibility index (Phi) is 5.77. The maximum atomic E-state index is 12.8. The smallest absolute Gasteiger partial charge is 0.244 e. The highest BCUT2D eigenvalue weighted by Gasteiger charge is 2.40. The number of nitrogens with zero attached hydrogens (tertiary/aromatic N) is 1. The first-order valence-electron chi connectivity index (χ1n) is 9.70. The highest BCUT2D eigenvalue weighted by molar-refractivity contribution is 5.95. The van der Waals surface area contributed by atoms with Gasteiger partial charge in [0.15, 0.2) is 0 Å². The summed E-state index contributed by atoms with van der Waals surface area (Å²) in [5.41, 5.74) is 1.86. The molecule has 2 aliphatic carbocycles. The maximum Gasteiger partial charge on any atom is 0.244 e. The number of nitrogens with one attached hydrogen (secondary N) is 1. The number of aryl methyl sites for hydroxylation is 1. The van der Waals surface area contributed by atoms with Gasteiger partial charge < -0.3 is 10.2 Å². The van der Waals surface area contributed by atoms with Gasteiger partial charge in [-0.3, -0.25) is 9.59 Å². The molecular weight excluding hydrogens is 312 g/mol. The van der Waals surface area contributed by atoms with E-state index in [1.165, 1.54) is 25.7 Å². The molecule has 2 aliphatic rings. The average molecular weight is 342 g/mol. The van der Waals surface area contributed by atoms with Crippen LogP contribution < -0.4 is 5.32 Å². The van der Waals surface area contributed by atoms with Crippen LogP contribution in [0.2, 0.25) is 0 Å². The monoisotopic (exact) mass is 342 g/mol. The molecule has 2 fully saturated rings. The summed E-state index contributed by atoms with van der Waals surface area (Å²) in [5.74, 6) is 2.19. The van der Waals surface area contributed by atoms with E-state index in [-0.39, 0.29) is 18.4 Å². The molecule has 1 aromatic carbocycles. The summed E-state index contributed by atoms with van der Waals surface area (Å²) in [4.78, 5) is 26.9. The summed E-state index contributed by atoms with van der Waals surface area (Å²) in [5, 5.41) is 2.94. The SMILES string of the molecule is CCCN(CC(=O)Nc1ccccc1C)C(=O)CC1CC2CCC1C2. The second-order valence-corrected chi connectivity index (χ2v) is 7.82. The van der Waals surface area contributed by atoms with Crippen LogP contribution >= 0.6 is 0 Å². The summed E-state index contributed by atoms with van der Waals surface area (Å²) in [6, 6.07) is 7.73. The zero-order valence-corrected chi connectivity index (χ0v) is 15.5. The molecule has 4 heteroatoms. The number of benzene rings is 1. The number of anilines is 1. The van der Waals surface area contributed by atoms with E-state index in [0.29, 0.717) is 18.9 Å². The second kappa shape index (κ2) is 8.03. The van der Waals surface area contributed by atoms with Crippen molar-refractivity contribution >= 4 is 17.5 Å². The molecule has 3 rings (SSSR count). The van der Waals surface area contributed by atoms with Crippen LogP contribution in [0.5, 0.6) is 0 Å². The van der Waals surface area contributed by atoms with Gasteiger partial charge in [0.2, 0.25) is 11.8 Å². The zero-order chi connectivity index (χ0) is 17.8. The van der Waals surface area contributed by atoms with E-state index in [1.807, 2.05) is 31.2 Å². The van der Waals surface area contributed by atoms with Gasteiger partial charge in [-0.15, -0.1) is 0 Å². The molecule has 0 aromatic heterocycles. The Hall–Kier alpha value is -1.84. The standard InChI is InChI=1S/C21H30N2O2/c1-3-10-23(14-20(24)22-19-7-5-4-6-15(19)2)21(25)13-18-12-16-8-9-17(18)11-16/h4-7,16-18H,3,8-14H2,1-2H3,(H,22,24). The highest BCUT2D eigenvalue weighted by Crippen LogP contribution is 2.49. The number of hydrogen-bond acceptors (Lipinski definition) is 2. The molecule has 2 bridgehead atoms. The van der Waals surface area contributed by atoms with Crippen LogP contribution in [0.15, 0.2) is 24.3 Å². The second-order valence-electron chi connectivity index (χ2n) is 7.82. The number of fused-ring (bicyclic) bond motifs is 2. The number of carbonyl (C=O) groups excluding carboxylic acids is 2. The van der Waals surface area contributed by atoms with Crippen molar-refractivity contribution < 1.29 is 9.59 Å². The van der Waals surface area contributed by atoms with E-state index in [4.69, 9.17) is 0 Å². The Morgan fingerprint density at radius 1 is 1.20 bits per heavy atom. The lowest BCUT2D eigenvalue weighted by Gasteiger charge is -2.26. The summed E-state index contributed by atoms with van der Waals surface area (Å²) < 4.78 is 0. The van der Waals surface area contributed by atoms with Gasteiger partial charge in [0.25, 0.3) is 0 Å². The lowest BCUT2D eigenvalue weighted by atomic mass is 9.86.